The number of likely N-dealkylation sites (tertiary alicyclic amines) is 1. The number of benzene rings is 1. The van der Waals surface area contributed by atoms with E-state index >= 15 is 0 Å². The maximum Gasteiger partial charge on any atom is 0.233 e. The van der Waals surface area contributed by atoms with E-state index in [1.54, 1.807) is 7.05 Å². The molecule has 4 rings (SSSR count). The SMILES string of the molecule is CCc1ccc(C(CNC(=NC)NCCN2C(=O)C3C4C=CC(C4)C3C2=O)N(C)C)cc1. The van der Waals surface area contributed by atoms with Crippen molar-refractivity contribution < 1.29 is 9.59 Å². The van der Waals surface area contributed by atoms with Gasteiger partial charge in [0.15, 0.2) is 5.96 Å². The highest BCUT2D eigenvalue weighted by Crippen LogP contribution is 2.52. The summed E-state index contributed by atoms with van der Waals surface area (Å²) in [5.41, 5.74) is 2.58. The van der Waals surface area contributed by atoms with Crippen LogP contribution in [0.25, 0.3) is 0 Å². The molecule has 2 amide bonds. The molecule has 5 atom stereocenters. The van der Waals surface area contributed by atoms with Crippen LogP contribution in [0.2, 0.25) is 0 Å². The number of rotatable bonds is 8. The van der Waals surface area contributed by atoms with E-state index in [1.807, 2.05) is 0 Å². The van der Waals surface area contributed by atoms with Gasteiger partial charge >= 0.3 is 0 Å². The molecule has 1 saturated carbocycles. The van der Waals surface area contributed by atoms with Gasteiger partial charge in [0.05, 0.1) is 17.9 Å². The van der Waals surface area contributed by atoms with E-state index in [9.17, 15) is 9.59 Å². The Morgan fingerprint density at radius 2 is 1.72 bits per heavy atom. The Balaban J connectivity index is 1.28. The van der Waals surface area contributed by atoms with Crippen LogP contribution in [-0.4, -0.2) is 68.4 Å². The largest absolute Gasteiger partial charge is 0.355 e. The number of aryl methyl sites for hydroxylation is 1. The summed E-state index contributed by atoms with van der Waals surface area (Å²) in [6.45, 7) is 3.71. The lowest BCUT2D eigenvalue weighted by atomic mass is 9.85. The molecule has 2 fully saturated rings. The van der Waals surface area contributed by atoms with Crippen LogP contribution in [0.5, 0.6) is 0 Å². The van der Waals surface area contributed by atoms with Gasteiger partial charge in [0.1, 0.15) is 0 Å². The van der Waals surface area contributed by atoms with Gasteiger partial charge in [-0.15, -0.1) is 0 Å². The van der Waals surface area contributed by atoms with Crippen LogP contribution in [0.3, 0.4) is 0 Å². The molecule has 2 bridgehead atoms. The van der Waals surface area contributed by atoms with Gasteiger partial charge in [-0.3, -0.25) is 19.5 Å². The molecule has 1 aliphatic heterocycles. The second-order valence-electron chi connectivity index (χ2n) is 9.28. The van der Waals surface area contributed by atoms with Gasteiger partial charge in [0, 0.05) is 26.7 Å². The van der Waals surface area contributed by atoms with E-state index in [4.69, 9.17) is 0 Å². The van der Waals surface area contributed by atoms with Crippen molar-refractivity contribution in [1.82, 2.24) is 20.4 Å². The molecule has 1 saturated heterocycles. The predicted molar refractivity (Wildman–Crippen MR) is 126 cm³/mol. The minimum Gasteiger partial charge on any atom is -0.355 e. The van der Waals surface area contributed by atoms with Crippen molar-refractivity contribution in [2.75, 3.05) is 40.8 Å². The van der Waals surface area contributed by atoms with Crippen molar-refractivity contribution in [3.8, 4) is 0 Å². The molecule has 1 aromatic rings. The summed E-state index contributed by atoms with van der Waals surface area (Å²) in [4.78, 5) is 33.6. The number of nitrogens with zero attached hydrogens (tertiary/aromatic N) is 3. The maximum absolute atomic E-state index is 12.8. The fraction of sp³-hybridized carbons (Fsp3) is 0.560. The van der Waals surface area contributed by atoms with Crippen LogP contribution < -0.4 is 10.6 Å². The highest BCUT2D eigenvalue weighted by molar-refractivity contribution is 6.06. The molecule has 5 unspecified atom stereocenters. The Hall–Kier alpha value is -2.67. The lowest BCUT2D eigenvalue weighted by Gasteiger charge is -2.26. The van der Waals surface area contributed by atoms with E-state index < -0.39 is 0 Å². The first-order valence-corrected chi connectivity index (χ1v) is 11.7. The van der Waals surface area contributed by atoms with Crippen molar-refractivity contribution in [1.29, 1.82) is 0 Å². The fourth-order valence-corrected chi connectivity index (χ4v) is 5.46. The first-order valence-electron chi connectivity index (χ1n) is 11.7. The highest BCUT2D eigenvalue weighted by atomic mass is 16.2. The summed E-state index contributed by atoms with van der Waals surface area (Å²) in [6, 6.07) is 8.93. The zero-order valence-electron chi connectivity index (χ0n) is 19.5. The zero-order valence-corrected chi connectivity index (χ0v) is 19.5. The second kappa shape index (κ2) is 9.45. The molecular formula is C25H35N5O2. The summed E-state index contributed by atoms with van der Waals surface area (Å²) in [7, 11) is 5.87. The van der Waals surface area contributed by atoms with Crippen molar-refractivity contribution in [3.63, 3.8) is 0 Å². The summed E-state index contributed by atoms with van der Waals surface area (Å²) in [5, 5.41) is 6.65. The topological polar surface area (TPSA) is 77.0 Å². The molecule has 7 heteroatoms. The molecule has 1 heterocycles. The Morgan fingerprint density at radius 1 is 1.09 bits per heavy atom. The van der Waals surface area contributed by atoms with Crippen molar-refractivity contribution in [3.05, 3.63) is 47.5 Å². The molecule has 172 valence electrons. The summed E-state index contributed by atoms with van der Waals surface area (Å²) in [6.07, 6.45) is 6.25. The average Bonchev–Trinajstić information content (AvgIpc) is 3.48. The zero-order chi connectivity index (χ0) is 22.8. The van der Waals surface area contributed by atoms with Gasteiger partial charge in [0.2, 0.25) is 11.8 Å². The van der Waals surface area contributed by atoms with E-state index in [0.717, 1.165) is 12.8 Å². The number of likely N-dealkylation sites (N-methyl/N-ethyl adjacent to an activating group) is 1. The van der Waals surface area contributed by atoms with Crippen LogP contribution >= 0.6 is 0 Å². The number of fused-ring (bicyclic) bond motifs is 5. The lowest BCUT2D eigenvalue weighted by molar-refractivity contribution is -0.140. The smallest absolute Gasteiger partial charge is 0.233 e. The molecular weight excluding hydrogens is 402 g/mol. The number of amides is 2. The first kappa shape index (κ1) is 22.5. The molecule has 1 aromatic carbocycles. The summed E-state index contributed by atoms with van der Waals surface area (Å²) < 4.78 is 0. The number of carbonyl (C=O) groups is 2. The van der Waals surface area contributed by atoms with E-state index in [1.165, 1.54) is 16.0 Å². The third kappa shape index (κ3) is 4.18. The van der Waals surface area contributed by atoms with E-state index in [-0.39, 0.29) is 41.5 Å². The van der Waals surface area contributed by atoms with E-state index in [2.05, 4.69) is 78.0 Å². The molecule has 2 aliphatic carbocycles. The third-order valence-corrected chi connectivity index (χ3v) is 7.27. The number of imide groups is 1. The molecule has 0 radical (unpaired) electrons. The van der Waals surface area contributed by atoms with Crippen LogP contribution in [-0.2, 0) is 16.0 Å². The van der Waals surface area contributed by atoms with Gasteiger partial charge < -0.3 is 15.5 Å². The van der Waals surface area contributed by atoms with Crippen LogP contribution in [0.4, 0.5) is 0 Å². The van der Waals surface area contributed by atoms with Crippen LogP contribution in [0.1, 0.15) is 30.5 Å². The first-order chi connectivity index (χ1) is 15.4. The van der Waals surface area contributed by atoms with Gasteiger partial charge in [-0.25, -0.2) is 0 Å². The number of aliphatic imine (C=N–C) groups is 1. The molecule has 0 spiro atoms. The summed E-state index contributed by atoms with van der Waals surface area (Å²) >= 11 is 0. The molecule has 32 heavy (non-hydrogen) atoms. The highest BCUT2D eigenvalue weighted by Gasteiger charge is 2.58. The average molecular weight is 438 g/mol. The minimum absolute atomic E-state index is 0.00444. The van der Waals surface area contributed by atoms with E-state index in [0.29, 0.717) is 25.6 Å². The Kier molecular flexibility index (Phi) is 6.65. The fourth-order valence-electron chi connectivity index (χ4n) is 5.46. The van der Waals surface area contributed by atoms with Crippen molar-refractivity contribution >= 4 is 17.8 Å². The maximum atomic E-state index is 12.8. The van der Waals surface area contributed by atoms with Gasteiger partial charge in [0.25, 0.3) is 0 Å². The summed E-state index contributed by atoms with van der Waals surface area (Å²) in [5.74, 6) is 0.925. The van der Waals surface area contributed by atoms with Crippen molar-refractivity contribution in [2.24, 2.45) is 28.7 Å². The van der Waals surface area contributed by atoms with Gasteiger partial charge in [-0.2, -0.15) is 0 Å². The van der Waals surface area contributed by atoms with Gasteiger partial charge in [-0.05, 0) is 49.9 Å². The monoisotopic (exact) mass is 437 g/mol. The molecule has 2 N–H and O–H groups in total. The number of hydrogen-bond acceptors (Lipinski definition) is 4. The minimum atomic E-state index is -0.130. The quantitative estimate of drug-likeness (QED) is 0.281. The third-order valence-electron chi connectivity index (χ3n) is 7.27. The molecule has 3 aliphatic rings. The number of carbonyl (C=O) groups excluding carboxylic acids is 2. The Morgan fingerprint density at radius 3 is 2.25 bits per heavy atom. The normalized spacial score (nSPS) is 27.4. The number of hydrogen-bond donors (Lipinski definition) is 2. The number of allylic oxidation sites excluding steroid dienone is 2. The van der Waals surface area contributed by atoms with Gasteiger partial charge in [-0.1, -0.05) is 43.3 Å². The standard InChI is InChI=1S/C25H35N5O2/c1-5-16-6-8-17(9-7-16)20(29(3)4)15-28-25(26-2)27-12-13-30-23(31)21-18-10-11-19(14-18)22(21)24(30)32/h6-11,18-22H,5,12-15H2,1-4H3,(H2,26,27,28). The molecule has 0 aromatic heterocycles. The van der Waals surface area contributed by atoms with Crippen LogP contribution in [0, 0.1) is 23.7 Å². The predicted octanol–water partition coefficient (Wildman–Crippen LogP) is 1.82. The Bertz CT molecular complexity index is 877. The number of guanidine groups is 1. The van der Waals surface area contributed by atoms with Crippen molar-refractivity contribution in [2.45, 2.75) is 25.8 Å². The second-order valence-corrected chi connectivity index (χ2v) is 9.28. The van der Waals surface area contributed by atoms with Crippen LogP contribution in [0.15, 0.2) is 41.4 Å². The number of nitrogens with one attached hydrogen (secondary N) is 2. The molecule has 7 nitrogen and oxygen atoms in total. The Labute approximate surface area is 190 Å². The lowest BCUT2D eigenvalue weighted by Crippen LogP contribution is -2.45.